The van der Waals surface area contributed by atoms with Crippen LogP contribution in [-0.2, 0) is 17.7 Å². The topological polar surface area (TPSA) is 86.1 Å². The minimum Gasteiger partial charge on any atom is -0.493 e. The van der Waals surface area contributed by atoms with Crippen LogP contribution < -0.4 is 20.5 Å². The number of nitrogens with one attached hydrogen (secondary N) is 1. The number of amides is 1. The minimum atomic E-state index is -0.468. The van der Waals surface area contributed by atoms with Crippen LogP contribution in [0.2, 0.25) is 5.02 Å². The molecule has 0 aliphatic rings. The van der Waals surface area contributed by atoms with Crippen LogP contribution in [0.5, 0.6) is 11.5 Å². The highest BCUT2D eigenvalue weighted by molar-refractivity contribution is 7.80. The van der Waals surface area contributed by atoms with E-state index in [2.05, 4.69) is 5.32 Å². The molecule has 0 spiro atoms. The molecule has 0 atom stereocenters. The van der Waals surface area contributed by atoms with Crippen molar-refractivity contribution in [3.8, 4) is 11.5 Å². The van der Waals surface area contributed by atoms with E-state index in [1.807, 2.05) is 47.4 Å². The van der Waals surface area contributed by atoms with Crippen LogP contribution in [0, 0.1) is 0 Å². The molecule has 1 amide bonds. The highest BCUT2D eigenvalue weighted by atomic mass is 35.5. The zero-order valence-electron chi connectivity index (χ0n) is 17.7. The number of hydrogen-bond acceptors (Lipinski definition) is 5. The number of hydrogen-bond donors (Lipinski definition) is 2. The van der Waals surface area contributed by atoms with Gasteiger partial charge in [-0.25, -0.2) is 4.79 Å². The quantitative estimate of drug-likeness (QED) is 0.386. The van der Waals surface area contributed by atoms with Crippen molar-refractivity contribution in [3.63, 3.8) is 0 Å². The summed E-state index contributed by atoms with van der Waals surface area (Å²) in [5.74, 6) is 1.18. The van der Waals surface area contributed by atoms with Crippen molar-refractivity contribution in [2.24, 2.45) is 5.73 Å². The molecule has 7 nitrogen and oxygen atoms in total. The van der Waals surface area contributed by atoms with Crippen LogP contribution >= 0.6 is 23.8 Å². The lowest BCUT2D eigenvalue weighted by Crippen LogP contribution is -2.36. The third kappa shape index (κ3) is 8.51. The van der Waals surface area contributed by atoms with Crippen molar-refractivity contribution in [3.05, 3.63) is 58.6 Å². The fraction of sp³-hybridized carbons (Fsp3) is 0.364. The maximum absolute atomic E-state index is 11.3. The van der Waals surface area contributed by atoms with Gasteiger partial charge < -0.3 is 30.2 Å². The van der Waals surface area contributed by atoms with Crippen molar-refractivity contribution < 1.29 is 19.0 Å². The zero-order valence-corrected chi connectivity index (χ0v) is 19.3. The van der Waals surface area contributed by atoms with E-state index in [-0.39, 0.29) is 6.61 Å². The summed E-state index contributed by atoms with van der Waals surface area (Å²) in [4.78, 5) is 13.2. The Morgan fingerprint density at radius 1 is 1.16 bits per heavy atom. The Balaban J connectivity index is 1.93. The molecule has 3 N–H and O–H groups in total. The predicted octanol–water partition coefficient (Wildman–Crippen LogP) is 3.76. The van der Waals surface area contributed by atoms with Gasteiger partial charge in [0.1, 0.15) is 6.61 Å². The second-order valence-corrected chi connectivity index (χ2v) is 7.47. The summed E-state index contributed by atoms with van der Waals surface area (Å²) in [6.07, 6.45) is 0.324. The van der Waals surface area contributed by atoms with E-state index in [4.69, 9.17) is 43.8 Å². The van der Waals surface area contributed by atoms with E-state index >= 15 is 0 Å². The Hall–Kier alpha value is -2.71. The van der Waals surface area contributed by atoms with Crippen molar-refractivity contribution in [2.75, 3.05) is 33.4 Å². The summed E-state index contributed by atoms with van der Waals surface area (Å²) >= 11 is 11.2. The molecule has 2 aromatic carbocycles. The number of nitrogens with zero attached hydrogens (tertiary/aromatic N) is 1. The summed E-state index contributed by atoms with van der Waals surface area (Å²) < 4.78 is 16.0. The average molecular weight is 466 g/mol. The molecule has 2 aromatic rings. The monoisotopic (exact) mass is 465 g/mol. The first-order chi connectivity index (χ1) is 14.9. The molecule has 9 heteroatoms. The molecule has 0 bridgehead atoms. The first-order valence-electron chi connectivity index (χ1n) is 9.92. The van der Waals surface area contributed by atoms with Crippen molar-refractivity contribution >= 4 is 35.0 Å². The number of thiocarbonyl (C=S) groups is 1. The van der Waals surface area contributed by atoms with Crippen molar-refractivity contribution in [2.45, 2.75) is 19.9 Å². The number of alkyl carbamates (subject to hydrolysis) is 1. The zero-order chi connectivity index (χ0) is 22.6. The van der Waals surface area contributed by atoms with E-state index in [1.165, 1.54) is 0 Å². The van der Waals surface area contributed by atoms with Crippen molar-refractivity contribution in [1.82, 2.24) is 10.2 Å². The third-order valence-electron chi connectivity index (χ3n) is 4.40. The summed E-state index contributed by atoms with van der Waals surface area (Å²) in [5, 5.41) is 3.64. The smallest absolute Gasteiger partial charge is 0.407 e. The van der Waals surface area contributed by atoms with E-state index in [0.717, 1.165) is 17.5 Å². The lowest BCUT2D eigenvalue weighted by atomic mass is 10.1. The number of carbonyl (C=O) groups is 1. The first kappa shape index (κ1) is 24.6. The van der Waals surface area contributed by atoms with Crippen LogP contribution in [0.4, 0.5) is 4.79 Å². The molecule has 0 aliphatic carbocycles. The summed E-state index contributed by atoms with van der Waals surface area (Å²) in [5.41, 5.74) is 8.08. The SMILES string of the molecule is CCOC(=O)NCCOc1ccc(CN(CCc2ccc(Cl)cc2)C(N)=S)cc1OC. The van der Waals surface area contributed by atoms with Gasteiger partial charge in [0, 0.05) is 18.1 Å². The minimum absolute atomic E-state index is 0.286. The molecule has 168 valence electrons. The highest BCUT2D eigenvalue weighted by Gasteiger charge is 2.12. The Kier molecular flexibility index (Phi) is 10.2. The summed E-state index contributed by atoms with van der Waals surface area (Å²) in [7, 11) is 1.58. The molecule has 2 rings (SSSR count). The second-order valence-electron chi connectivity index (χ2n) is 6.62. The van der Waals surface area contributed by atoms with Gasteiger partial charge in [0.25, 0.3) is 0 Å². The van der Waals surface area contributed by atoms with Gasteiger partial charge in [0.05, 0.1) is 20.3 Å². The molecule has 0 heterocycles. The Morgan fingerprint density at radius 3 is 2.52 bits per heavy atom. The molecule has 0 unspecified atom stereocenters. The molecular weight excluding hydrogens is 438 g/mol. The standard InChI is InChI=1S/C22H28ClN3O4S/c1-3-29-22(27)25-11-13-30-19-9-6-17(14-20(19)28-2)15-26(21(24)31)12-10-16-4-7-18(23)8-5-16/h4-9,14H,3,10-13,15H2,1-2H3,(H2,24,31)(H,25,27). The Labute approximate surface area is 193 Å². The van der Waals surface area contributed by atoms with Gasteiger partial charge in [0.15, 0.2) is 16.6 Å². The predicted molar refractivity (Wildman–Crippen MR) is 126 cm³/mol. The number of carbonyl (C=O) groups excluding carboxylic acids is 1. The Morgan fingerprint density at radius 2 is 1.87 bits per heavy atom. The summed E-state index contributed by atoms with van der Waals surface area (Å²) in [6, 6.07) is 13.4. The van der Waals surface area contributed by atoms with Crippen molar-refractivity contribution in [1.29, 1.82) is 0 Å². The normalized spacial score (nSPS) is 10.3. The number of ether oxygens (including phenoxy) is 3. The average Bonchev–Trinajstić information content (AvgIpc) is 2.75. The van der Waals surface area contributed by atoms with Gasteiger partial charge in [-0.1, -0.05) is 29.8 Å². The van der Waals surface area contributed by atoms with Gasteiger partial charge in [-0.2, -0.15) is 0 Å². The molecular formula is C22H28ClN3O4S. The number of halogens is 1. The van der Waals surface area contributed by atoms with E-state index in [9.17, 15) is 4.79 Å². The highest BCUT2D eigenvalue weighted by Crippen LogP contribution is 2.28. The fourth-order valence-electron chi connectivity index (χ4n) is 2.83. The van der Waals surface area contributed by atoms with Crippen LogP contribution in [0.3, 0.4) is 0 Å². The van der Waals surface area contributed by atoms with E-state index < -0.39 is 6.09 Å². The lowest BCUT2D eigenvalue weighted by Gasteiger charge is -2.23. The number of nitrogens with two attached hydrogens (primary N) is 1. The Bertz CT molecular complexity index is 864. The van der Waals surface area contributed by atoms with Crippen LogP contribution in [0.15, 0.2) is 42.5 Å². The van der Waals surface area contributed by atoms with Crippen LogP contribution in [0.25, 0.3) is 0 Å². The lowest BCUT2D eigenvalue weighted by molar-refractivity contribution is 0.150. The number of benzene rings is 2. The number of rotatable bonds is 11. The molecule has 0 radical (unpaired) electrons. The number of methoxy groups -OCH3 is 1. The molecule has 0 aromatic heterocycles. The molecule has 0 aliphatic heterocycles. The van der Waals surface area contributed by atoms with Crippen LogP contribution in [-0.4, -0.2) is 49.5 Å². The van der Waals surface area contributed by atoms with Gasteiger partial charge in [-0.3, -0.25) is 0 Å². The molecule has 31 heavy (non-hydrogen) atoms. The van der Waals surface area contributed by atoms with E-state index in [0.29, 0.717) is 47.9 Å². The largest absolute Gasteiger partial charge is 0.493 e. The maximum Gasteiger partial charge on any atom is 0.407 e. The van der Waals surface area contributed by atoms with E-state index in [1.54, 1.807) is 14.0 Å². The van der Waals surface area contributed by atoms with Gasteiger partial charge in [-0.05, 0) is 61.0 Å². The second kappa shape index (κ2) is 12.9. The third-order valence-corrected chi connectivity index (χ3v) is 4.91. The molecule has 0 saturated heterocycles. The van der Waals surface area contributed by atoms with Gasteiger partial charge in [-0.15, -0.1) is 0 Å². The summed E-state index contributed by atoms with van der Waals surface area (Å²) in [6.45, 7) is 3.91. The van der Waals surface area contributed by atoms with Gasteiger partial charge >= 0.3 is 6.09 Å². The molecule has 0 saturated carbocycles. The first-order valence-corrected chi connectivity index (χ1v) is 10.7. The maximum atomic E-state index is 11.3. The molecule has 0 fully saturated rings. The fourth-order valence-corrected chi connectivity index (χ4v) is 3.11. The van der Waals surface area contributed by atoms with Crippen LogP contribution in [0.1, 0.15) is 18.1 Å². The van der Waals surface area contributed by atoms with Gasteiger partial charge in [0.2, 0.25) is 0 Å².